The number of hydrogen-bond acceptors (Lipinski definition) is 8. The van der Waals surface area contributed by atoms with Crippen molar-refractivity contribution >= 4 is 21.3 Å². The highest BCUT2D eigenvalue weighted by Gasteiger charge is 2.40. The van der Waals surface area contributed by atoms with Gasteiger partial charge in [0.05, 0.1) is 19.3 Å². The lowest BCUT2D eigenvalue weighted by Crippen LogP contribution is -2.59. The summed E-state index contributed by atoms with van der Waals surface area (Å²) in [5, 5.41) is 38.9. The number of allylic oxidation sites excluding steroid dienone is 2. The second-order valence-electron chi connectivity index (χ2n) is 7.92. The molecule has 2 heterocycles. The number of nitrogens with zero attached hydrogens (tertiary/aromatic N) is 2. The van der Waals surface area contributed by atoms with Gasteiger partial charge in [-0.3, -0.25) is 0 Å². The van der Waals surface area contributed by atoms with Crippen LogP contribution < -0.4 is 9.62 Å². The number of aliphatic hydroxyl groups is 3. The number of nitrogens with one attached hydrogen (secondary N) is 1. The summed E-state index contributed by atoms with van der Waals surface area (Å²) < 4.78 is 33.2. The van der Waals surface area contributed by atoms with Gasteiger partial charge in [0.25, 0.3) is 10.0 Å². The van der Waals surface area contributed by atoms with Crippen molar-refractivity contribution in [3.05, 3.63) is 34.7 Å². The third-order valence-corrected chi connectivity index (χ3v) is 7.40. The standard InChI is InChI=1S/C21H29N3O6S/c1-14(15-5-7-16(8-6-15)24-9-3-2-4-10-24)19(11-22)31(28,29)23-17-13-30-18(12-25)21(27)20(17)26/h5-8,17-18,20-21,23,25-27H,2-4,9-10,12-13H2,1H3/b19-14+/t17-,18+,20+,21+/m0/s1. The van der Waals surface area contributed by atoms with E-state index in [1.807, 2.05) is 12.1 Å². The second-order valence-corrected chi connectivity index (χ2v) is 9.57. The molecule has 3 rings (SSSR count). The molecule has 9 nitrogen and oxygen atoms in total. The number of ether oxygens (including phenoxy) is 1. The van der Waals surface area contributed by atoms with Crippen LogP contribution in [0.1, 0.15) is 31.7 Å². The molecule has 170 valence electrons. The van der Waals surface area contributed by atoms with E-state index in [0.717, 1.165) is 31.6 Å². The molecular formula is C21H29N3O6S. The molecule has 0 amide bonds. The van der Waals surface area contributed by atoms with E-state index in [4.69, 9.17) is 9.84 Å². The Kier molecular flexibility index (Phi) is 7.69. The van der Waals surface area contributed by atoms with Crippen LogP contribution in [0.3, 0.4) is 0 Å². The fourth-order valence-electron chi connectivity index (χ4n) is 3.96. The van der Waals surface area contributed by atoms with Gasteiger partial charge in [-0.15, -0.1) is 0 Å². The first-order chi connectivity index (χ1) is 14.8. The minimum absolute atomic E-state index is 0.245. The van der Waals surface area contributed by atoms with Gasteiger partial charge in [-0.25, -0.2) is 13.1 Å². The van der Waals surface area contributed by atoms with Gasteiger partial charge in [-0.2, -0.15) is 5.26 Å². The van der Waals surface area contributed by atoms with E-state index in [1.165, 1.54) is 6.42 Å². The second kappa shape index (κ2) is 10.1. The number of piperidine rings is 1. The van der Waals surface area contributed by atoms with Crippen LogP contribution in [0.25, 0.3) is 5.57 Å². The summed E-state index contributed by atoms with van der Waals surface area (Å²) in [6.07, 6.45) is -0.414. The SMILES string of the molecule is C/C(=C(/C#N)S(=O)(=O)N[C@H]1CO[C@H](CO)[C@@H](O)[C@@H]1O)c1ccc(N2CCCCC2)cc1. The van der Waals surface area contributed by atoms with E-state index in [1.54, 1.807) is 25.1 Å². The third-order valence-electron chi connectivity index (χ3n) is 5.85. The van der Waals surface area contributed by atoms with Crippen molar-refractivity contribution < 1.29 is 28.5 Å². The average Bonchev–Trinajstić information content (AvgIpc) is 2.78. The van der Waals surface area contributed by atoms with Crippen molar-refractivity contribution in [2.24, 2.45) is 0 Å². The molecule has 0 aliphatic carbocycles. The maximum Gasteiger partial charge on any atom is 0.251 e. The first-order valence-corrected chi connectivity index (χ1v) is 11.8. The Morgan fingerprint density at radius 1 is 1.19 bits per heavy atom. The molecule has 2 aliphatic rings. The molecule has 10 heteroatoms. The van der Waals surface area contributed by atoms with Crippen molar-refractivity contribution in [1.29, 1.82) is 5.26 Å². The number of sulfonamides is 1. The van der Waals surface area contributed by atoms with Gasteiger partial charge in [0.1, 0.15) is 24.4 Å². The van der Waals surface area contributed by atoms with Crippen LogP contribution in [0.15, 0.2) is 29.2 Å². The summed E-state index contributed by atoms with van der Waals surface area (Å²) in [5.41, 5.74) is 1.94. The Bertz CT molecular complexity index is 935. The van der Waals surface area contributed by atoms with Crippen LogP contribution in [0.2, 0.25) is 0 Å². The molecular weight excluding hydrogens is 422 g/mol. The molecule has 1 aromatic carbocycles. The van der Waals surface area contributed by atoms with E-state index in [0.29, 0.717) is 5.56 Å². The molecule has 4 N–H and O–H groups in total. The zero-order valence-corrected chi connectivity index (χ0v) is 18.3. The molecule has 1 aromatic rings. The summed E-state index contributed by atoms with van der Waals surface area (Å²) in [7, 11) is -4.29. The summed E-state index contributed by atoms with van der Waals surface area (Å²) in [5.74, 6) is 0. The van der Waals surface area contributed by atoms with Crippen LogP contribution >= 0.6 is 0 Å². The quantitative estimate of drug-likeness (QED) is 0.453. The number of benzene rings is 1. The highest BCUT2D eigenvalue weighted by Crippen LogP contribution is 2.26. The van der Waals surface area contributed by atoms with Gasteiger partial charge >= 0.3 is 0 Å². The third kappa shape index (κ3) is 5.26. The molecule has 0 spiro atoms. The highest BCUT2D eigenvalue weighted by atomic mass is 32.2. The van der Waals surface area contributed by atoms with E-state index >= 15 is 0 Å². The fraction of sp³-hybridized carbons (Fsp3) is 0.571. The van der Waals surface area contributed by atoms with E-state index in [2.05, 4.69) is 9.62 Å². The van der Waals surface area contributed by atoms with Crippen LogP contribution in [-0.4, -0.2) is 74.4 Å². The van der Waals surface area contributed by atoms with Gasteiger partial charge < -0.3 is 25.0 Å². The minimum Gasteiger partial charge on any atom is -0.394 e. The van der Waals surface area contributed by atoms with Crippen molar-refractivity contribution in [3.63, 3.8) is 0 Å². The first kappa shape index (κ1) is 23.7. The normalized spacial score (nSPS) is 28.0. The van der Waals surface area contributed by atoms with Gasteiger partial charge in [0, 0.05) is 18.8 Å². The van der Waals surface area contributed by atoms with Gasteiger partial charge in [-0.05, 0) is 49.5 Å². The smallest absolute Gasteiger partial charge is 0.251 e. The first-order valence-electron chi connectivity index (χ1n) is 10.4. The number of nitriles is 1. The lowest BCUT2D eigenvalue weighted by molar-refractivity contribution is -0.158. The summed E-state index contributed by atoms with van der Waals surface area (Å²) in [4.78, 5) is 1.81. The van der Waals surface area contributed by atoms with Crippen LogP contribution in [-0.2, 0) is 14.8 Å². The summed E-state index contributed by atoms with van der Waals surface area (Å²) >= 11 is 0. The van der Waals surface area contributed by atoms with Gasteiger partial charge in [0.15, 0.2) is 4.91 Å². The van der Waals surface area contributed by atoms with Crippen molar-refractivity contribution in [2.45, 2.75) is 50.5 Å². The van der Waals surface area contributed by atoms with Crippen molar-refractivity contribution in [1.82, 2.24) is 4.72 Å². The predicted molar refractivity (Wildman–Crippen MR) is 115 cm³/mol. The monoisotopic (exact) mass is 451 g/mol. The number of aliphatic hydroxyl groups excluding tert-OH is 3. The number of hydrogen-bond donors (Lipinski definition) is 4. The van der Waals surface area contributed by atoms with Gasteiger partial charge in [0.2, 0.25) is 0 Å². The van der Waals surface area contributed by atoms with Crippen molar-refractivity contribution in [3.8, 4) is 6.07 Å². The predicted octanol–water partition coefficient (Wildman–Crippen LogP) is 0.332. The van der Waals surface area contributed by atoms with E-state index in [-0.39, 0.29) is 12.2 Å². The molecule has 0 radical (unpaired) electrons. The van der Waals surface area contributed by atoms with E-state index in [9.17, 15) is 23.9 Å². The van der Waals surface area contributed by atoms with Crippen LogP contribution in [0.4, 0.5) is 5.69 Å². The van der Waals surface area contributed by atoms with Gasteiger partial charge in [-0.1, -0.05) is 12.1 Å². The zero-order valence-electron chi connectivity index (χ0n) is 17.4. The topological polar surface area (TPSA) is 143 Å². The number of anilines is 1. The molecule has 0 unspecified atom stereocenters. The van der Waals surface area contributed by atoms with E-state index < -0.39 is 45.9 Å². The lowest BCUT2D eigenvalue weighted by Gasteiger charge is -2.36. The Morgan fingerprint density at radius 3 is 2.42 bits per heavy atom. The Balaban J connectivity index is 1.79. The Labute approximate surface area is 182 Å². The molecule has 2 aliphatic heterocycles. The van der Waals surface area contributed by atoms with Crippen LogP contribution in [0.5, 0.6) is 0 Å². The molecule has 2 fully saturated rings. The lowest BCUT2D eigenvalue weighted by atomic mass is 9.99. The maximum atomic E-state index is 12.9. The maximum absolute atomic E-state index is 12.9. The summed E-state index contributed by atoms with van der Waals surface area (Å²) in [6.45, 7) is 2.78. The molecule has 0 aromatic heterocycles. The molecule has 31 heavy (non-hydrogen) atoms. The average molecular weight is 452 g/mol. The molecule has 2 saturated heterocycles. The van der Waals surface area contributed by atoms with Crippen molar-refractivity contribution in [2.75, 3.05) is 31.2 Å². The highest BCUT2D eigenvalue weighted by molar-refractivity contribution is 7.93. The fourth-order valence-corrected chi connectivity index (χ4v) is 5.32. The number of rotatable bonds is 6. The minimum atomic E-state index is -4.29. The molecule has 0 saturated carbocycles. The molecule has 4 atom stereocenters. The summed E-state index contributed by atoms with van der Waals surface area (Å²) in [6, 6.07) is 8.02. The molecule has 0 bridgehead atoms. The Hall–Kier alpha value is -2.00. The largest absolute Gasteiger partial charge is 0.394 e. The van der Waals surface area contributed by atoms with Crippen LogP contribution in [0, 0.1) is 11.3 Å². The Morgan fingerprint density at radius 2 is 1.84 bits per heavy atom. The zero-order chi connectivity index (χ0) is 22.6.